The number of hydrogen-bond acceptors (Lipinski definition) is 3. The van der Waals surface area contributed by atoms with Gasteiger partial charge in [0.15, 0.2) is 0 Å². The molecule has 1 aromatic carbocycles. The normalized spacial score (nSPS) is 18.5. The fourth-order valence-electron chi connectivity index (χ4n) is 2.78. The van der Waals surface area contributed by atoms with Crippen LogP contribution < -0.4 is 11.1 Å². The van der Waals surface area contributed by atoms with Crippen LogP contribution in [0.4, 0.5) is 0 Å². The van der Waals surface area contributed by atoms with Crippen molar-refractivity contribution in [1.29, 1.82) is 0 Å². The second-order valence-electron chi connectivity index (χ2n) is 6.04. The highest BCUT2D eigenvalue weighted by Crippen LogP contribution is 2.27. The summed E-state index contributed by atoms with van der Waals surface area (Å²) >= 11 is 0. The van der Waals surface area contributed by atoms with Crippen LogP contribution in [0.15, 0.2) is 30.3 Å². The molecule has 1 atom stereocenters. The molecule has 114 valence electrons. The lowest BCUT2D eigenvalue weighted by molar-refractivity contribution is -0.141. The van der Waals surface area contributed by atoms with Gasteiger partial charge in [-0.25, -0.2) is 0 Å². The summed E-state index contributed by atoms with van der Waals surface area (Å²) in [6.45, 7) is 5.33. The van der Waals surface area contributed by atoms with Crippen molar-refractivity contribution in [2.24, 2.45) is 5.73 Å². The molecule has 1 aliphatic rings. The molecule has 0 radical (unpaired) electrons. The van der Waals surface area contributed by atoms with Crippen molar-refractivity contribution in [2.45, 2.75) is 31.7 Å². The van der Waals surface area contributed by atoms with Gasteiger partial charge in [0.1, 0.15) is 0 Å². The summed E-state index contributed by atoms with van der Waals surface area (Å²) in [5.41, 5.74) is 5.59. The lowest BCUT2D eigenvalue weighted by Gasteiger charge is -2.35. The summed E-state index contributed by atoms with van der Waals surface area (Å²) in [5, 5.41) is 3.23. The number of amides is 2. The predicted molar refractivity (Wildman–Crippen MR) is 81.7 cm³/mol. The molecule has 2 amide bonds. The molecule has 1 saturated heterocycles. The van der Waals surface area contributed by atoms with E-state index in [9.17, 15) is 9.59 Å². The minimum atomic E-state index is -0.681. The Balaban J connectivity index is 2.26. The Labute approximate surface area is 125 Å². The van der Waals surface area contributed by atoms with E-state index in [0.717, 1.165) is 18.5 Å². The minimum Gasteiger partial charge on any atom is -0.368 e. The first-order chi connectivity index (χ1) is 9.93. The van der Waals surface area contributed by atoms with Gasteiger partial charge in [-0.3, -0.25) is 9.59 Å². The molecule has 1 aromatic rings. The van der Waals surface area contributed by atoms with Gasteiger partial charge in [-0.2, -0.15) is 0 Å². The topological polar surface area (TPSA) is 75.4 Å². The molecule has 0 bridgehead atoms. The minimum absolute atomic E-state index is 0.0263. The largest absolute Gasteiger partial charge is 0.368 e. The van der Waals surface area contributed by atoms with Crippen LogP contribution in [0.1, 0.15) is 25.8 Å². The zero-order valence-corrected chi connectivity index (χ0v) is 12.6. The Bertz CT molecular complexity index is 508. The number of nitrogens with one attached hydrogen (secondary N) is 1. The van der Waals surface area contributed by atoms with Crippen LogP contribution in [-0.2, 0) is 15.0 Å². The van der Waals surface area contributed by atoms with Crippen LogP contribution in [0, 0.1) is 0 Å². The molecule has 0 aromatic heterocycles. The number of carbonyl (C=O) groups excluding carboxylic acids is 2. The van der Waals surface area contributed by atoms with E-state index in [1.54, 1.807) is 4.90 Å². The Morgan fingerprint density at radius 1 is 1.33 bits per heavy atom. The van der Waals surface area contributed by atoms with Crippen molar-refractivity contribution in [1.82, 2.24) is 10.2 Å². The highest BCUT2D eigenvalue weighted by atomic mass is 16.2. The molecule has 5 nitrogen and oxygen atoms in total. The smallest absolute Gasteiger partial charge is 0.237 e. The van der Waals surface area contributed by atoms with Crippen molar-refractivity contribution < 1.29 is 9.59 Å². The van der Waals surface area contributed by atoms with Gasteiger partial charge in [0, 0.05) is 12.6 Å². The van der Waals surface area contributed by atoms with Gasteiger partial charge >= 0.3 is 0 Å². The highest BCUT2D eigenvalue weighted by molar-refractivity contribution is 5.91. The third kappa shape index (κ3) is 3.42. The first kappa shape index (κ1) is 15.5. The summed E-state index contributed by atoms with van der Waals surface area (Å²) in [6.07, 6.45) is 0.851. The highest BCUT2D eigenvalue weighted by Gasteiger charge is 2.38. The molecule has 1 unspecified atom stereocenters. The first-order valence-electron chi connectivity index (χ1n) is 7.28. The zero-order chi connectivity index (χ0) is 15.5. The van der Waals surface area contributed by atoms with Gasteiger partial charge in [-0.05, 0) is 32.4 Å². The van der Waals surface area contributed by atoms with Gasteiger partial charge in [0.05, 0.1) is 12.0 Å². The summed E-state index contributed by atoms with van der Waals surface area (Å²) in [7, 11) is 0. The number of primary amides is 1. The van der Waals surface area contributed by atoms with Crippen LogP contribution in [0.2, 0.25) is 0 Å². The third-order valence-corrected chi connectivity index (χ3v) is 4.09. The lowest BCUT2D eigenvalue weighted by atomic mass is 9.82. The summed E-state index contributed by atoms with van der Waals surface area (Å²) in [6, 6.07) is 9.67. The van der Waals surface area contributed by atoms with Crippen LogP contribution in [0.5, 0.6) is 0 Å². The number of rotatable bonds is 5. The molecule has 0 spiro atoms. The fraction of sp³-hybridized carbons (Fsp3) is 0.500. The van der Waals surface area contributed by atoms with E-state index in [1.165, 1.54) is 0 Å². The maximum atomic E-state index is 13.0. The van der Waals surface area contributed by atoms with Gasteiger partial charge in [-0.15, -0.1) is 0 Å². The predicted octanol–water partition coefficient (Wildman–Crippen LogP) is 0.640. The molecule has 1 fully saturated rings. The molecule has 0 saturated carbocycles. The molecule has 3 N–H and O–H groups in total. The molecule has 1 aliphatic heterocycles. The molecular weight excluding hydrogens is 266 g/mol. The Morgan fingerprint density at radius 3 is 2.52 bits per heavy atom. The molecular formula is C16H23N3O2. The van der Waals surface area contributed by atoms with Gasteiger partial charge in [0.2, 0.25) is 11.8 Å². The van der Waals surface area contributed by atoms with Crippen LogP contribution in [0.25, 0.3) is 0 Å². The van der Waals surface area contributed by atoms with Gasteiger partial charge in [-0.1, -0.05) is 30.3 Å². The van der Waals surface area contributed by atoms with Crippen molar-refractivity contribution in [2.75, 3.05) is 19.6 Å². The third-order valence-electron chi connectivity index (χ3n) is 4.09. The van der Waals surface area contributed by atoms with E-state index < -0.39 is 11.3 Å². The van der Waals surface area contributed by atoms with Crippen LogP contribution in [-0.4, -0.2) is 42.4 Å². The molecule has 1 heterocycles. The molecule has 21 heavy (non-hydrogen) atoms. The Morgan fingerprint density at radius 2 is 2.00 bits per heavy atom. The number of nitrogens with zero attached hydrogens (tertiary/aromatic N) is 1. The fourth-order valence-corrected chi connectivity index (χ4v) is 2.78. The monoisotopic (exact) mass is 289 g/mol. The van der Waals surface area contributed by atoms with E-state index >= 15 is 0 Å². The summed E-state index contributed by atoms with van der Waals surface area (Å²) in [5.74, 6) is -0.527. The molecule has 5 heteroatoms. The van der Waals surface area contributed by atoms with E-state index in [4.69, 9.17) is 5.73 Å². The van der Waals surface area contributed by atoms with Crippen molar-refractivity contribution in [3.8, 4) is 0 Å². The number of nitrogens with two attached hydrogens (primary N) is 1. The average molecular weight is 289 g/mol. The van der Waals surface area contributed by atoms with Gasteiger partial charge < -0.3 is 16.0 Å². The summed E-state index contributed by atoms with van der Waals surface area (Å²) < 4.78 is 0. The Kier molecular flexibility index (Phi) is 4.63. The van der Waals surface area contributed by atoms with Crippen molar-refractivity contribution in [3.63, 3.8) is 0 Å². The van der Waals surface area contributed by atoms with Crippen molar-refractivity contribution in [3.05, 3.63) is 35.9 Å². The van der Waals surface area contributed by atoms with E-state index in [0.29, 0.717) is 6.54 Å². The standard InChI is InChI=1S/C16H23N3O2/c1-16(2,12-6-4-3-5-7-12)15(21)19(11-14(17)20)13-8-9-18-10-13/h3-7,13,18H,8-11H2,1-2H3,(H2,17,20). The first-order valence-corrected chi connectivity index (χ1v) is 7.28. The maximum absolute atomic E-state index is 13.0. The van der Waals surface area contributed by atoms with Crippen molar-refractivity contribution >= 4 is 11.8 Å². The SMILES string of the molecule is CC(C)(C(=O)N(CC(N)=O)C1CCNC1)c1ccccc1. The second-order valence-corrected chi connectivity index (χ2v) is 6.04. The summed E-state index contributed by atoms with van der Waals surface area (Å²) in [4.78, 5) is 26.0. The average Bonchev–Trinajstić information content (AvgIpc) is 2.98. The number of carbonyl (C=O) groups is 2. The van der Waals surface area contributed by atoms with Gasteiger partial charge in [0.25, 0.3) is 0 Å². The zero-order valence-electron chi connectivity index (χ0n) is 12.6. The quantitative estimate of drug-likeness (QED) is 0.835. The second kappa shape index (κ2) is 6.26. The molecule has 0 aliphatic carbocycles. The Hall–Kier alpha value is -1.88. The van der Waals surface area contributed by atoms with E-state index in [-0.39, 0.29) is 18.5 Å². The van der Waals surface area contributed by atoms with Crippen LogP contribution in [0.3, 0.4) is 0 Å². The number of benzene rings is 1. The molecule has 2 rings (SSSR count). The number of hydrogen-bond donors (Lipinski definition) is 2. The lowest BCUT2D eigenvalue weighted by Crippen LogP contribution is -2.52. The van der Waals surface area contributed by atoms with E-state index in [2.05, 4.69) is 5.32 Å². The van der Waals surface area contributed by atoms with Crippen LogP contribution >= 0.6 is 0 Å². The maximum Gasteiger partial charge on any atom is 0.237 e. The van der Waals surface area contributed by atoms with E-state index in [1.807, 2.05) is 44.2 Å².